The molecule has 0 aromatic heterocycles. The van der Waals surface area contributed by atoms with E-state index in [1.165, 1.54) is 0 Å². The molecule has 0 aliphatic carbocycles. The molecule has 1 unspecified atom stereocenters. The molecular formula is C14H22ClNO2. The average Bonchev–Trinajstić information content (AvgIpc) is 2.39. The van der Waals surface area contributed by atoms with Crippen LogP contribution in [-0.2, 0) is 11.3 Å². The first-order valence-corrected chi connectivity index (χ1v) is 6.66. The van der Waals surface area contributed by atoms with Crippen molar-refractivity contribution >= 4 is 17.3 Å². The van der Waals surface area contributed by atoms with Crippen LogP contribution in [0.15, 0.2) is 18.2 Å². The van der Waals surface area contributed by atoms with Gasteiger partial charge in [0.05, 0.1) is 13.2 Å². The predicted octanol–water partition coefficient (Wildman–Crippen LogP) is 3.08. The molecule has 0 bridgehead atoms. The van der Waals surface area contributed by atoms with Gasteiger partial charge in [0, 0.05) is 36.0 Å². The van der Waals surface area contributed by atoms with E-state index in [0.717, 1.165) is 24.2 Å². The Labute approximate surface area is 114 Å². The number of nitrogens with zero attached hydrogens (tertiary/aromatic N) is 1. The fourth-order valence-corrected chi connectivity index (χ4v) is 2.09. The summed E-state index contributed by atoms with van der Waals surface area (Å²) in [6.07, 6.45) is 1.03. The van der Waals surface area contributed by atoms with Crippen LogP contribution in [0.5, 0.6) is 0 Å². The van der Waals surface area contributed by atoms with Crippen LogP contribution in [0.2, 0.25) is 5.02 Å². The Bertz CT molecular complexity index is 371. The van der Waals surface area contributed by atoms with E-state index >= 15 is 0 Å². The van der Waals surface area contributed by atoms with Gasteiger partial charge in [-0.1, -0.05) is 24.6 Å². The number of hydrogen-bond donors (Lipinski definition) is 1. The summed E-state index contributed by atoms with van der Waals surface area (Å²) in [6.45, 7) is 5.78. The van der Waals surface area contributed by atoms with E-state index in [9.17, 15) is 5.11 Å². The van der Waals surface area contributed by atoms with Crippen molar-refractivity contribution in [2.75, 3.05) is 25.2 Å². The molecule has 0 fully saturated rings. The molecule has 0 saturated heterocycles. The van der Waals surface area contributed by atoms with Crippen LogP contribution < -0.4 is 4.90 Å². The number of rotatable bonds is 7. The van der Waals surface area contributed by atoms with Crippen molar-refractivity contribution in [2.24, 2.45) is 0 Å². The van der Waals surface area contributed by atoms with Crippen molar-refractivity contribution in [3.8, 4) is 0 Å². The lowest BCUT2D eigenvalue weighted by atomic mass is 10.1. The number of aliphatic hydroxyl groups is 1. The summed E-state index contributed by atoms with van der Waals surface area (Å²) in [4.78, 5) is 2.24. The summed E-state index contributed by atoms with van der Waals surface area (Å²) >= 11 is 6.06. The third-order valence-corrected chi connectivity index (χ3v) is 3.42. The smallest absolute Gasteiger partial charge is 0.0702 e. The summed E-state index contributed by atoms with van der Waals surface area (Å²) in [6, 6.07) is 5.97. The van der Waals surface area contributed by atoms with Crippen molar-refractivity contribution in [3.05, 3.63) is 28.8 Å². The van der Waals surface area contributed by atoms with Gasteiger partial charge in [0.15, 0.2) is 0 Å². The lowest BCUT2D eigenvalue weighted by molar-refractivity contribution is 0.203. The second kappa shape index (κ2) is 7.62. The van der Waals surface area contributed by atoms with Crippen molar-refractivity contribution in [1.29, 1.82) is 0 Å². The predicted molar refractivity (Wildman–Crippen MR) is 76.3 cm³/mol. The Morgan fingerprint density at radius 3 is 2.72 bits per heavy atom. The number of ether oxygens (including phenoxy) is 1. The maximum Gasteiger partial charge on any atom is 0.0702 e. The van der Waals surface area contributed by atoms with E-state index in [-0.39, 0.29) is 6.61 Å². The summed E-state index contributed by atoms with van der Waals surface area (Å²) in [5.41, 5.74) is 1.90. The van der Waals surface area contributed by atoms with Gasteiger partial charge in [0.1, 0.15) is 0 Å². The topological polar surface area (TPSA) is 32.7 Å². The highest BCUT2D eigenvalue weighted by Gasteiger charge is 2.16. The number of benzene rings is 1. The van der Waals surface area contributed by atoms with Gasteiger partial charge >= 0.3 is 0 Å². The molecule has 18 heavy (non-hydrogen) atoms. The Kier molecular flexibility index (Phi) is 6.47. The standard InChI is InChI=1S/C14H22ClNO2/c1-4-11(2)16(7-8-18-3)14-9-13(15)6-5-12(14)10-17/h5-6,9,11,17H,4,7-8,10H2,1-3H3. The van der Waals surface area contributed by atoms with Crippen LogP contribution in [0.4, 0.5) is 5.69 Å². The summed E-state index contributed by atoms with van der Waals surface area (Å²) in [5.74, 6) is 0. The fraction of sp³-hybridized carbons (Fsp3) is 0.571. The number of anilines is 1. The van der Waals surface area contributed by atoms with E-state index in [1.807, 2.05) is 18.2 Å². The van der Waals surface area contributed by atoms with Crippen LogP contribution >= 0.6 is 11.6 Å². The minimum Gasteiger partial charge on any atom is -0.392 e. The summed E-state index contributed by atoms with van der Waals surface area (Å²) in [7, 11) is 1.69. The molecule has 1 aromatic rings. The molecule has 0 aliphatic rings. The lowest BCUT2D eigenvalue weighted by Crippen LogP contribution is -2.36. The lowest BCUT2D eigenvalue weighted by Gasteiger charge is -2.32. The van der Waals surface area contributed by atoms with Crippen LogP contribution in [0.25, 0.3) is 0 Å². The second-order valence-electron chi connectivity index (χ2n) is 4.37. The highest BCUT2D eigenvalue weighted by atomic mass is 35.5. The van der Waals surface area contributed by atoms with Gasteiger partial charge < -0.3 is 14.7 Å². The van der Waals surface area contributed by atoms with Crippen molar-refractivity contribution in [2.45, 2.75) is 32.9 Å². The van der Waals surface area contributed by atoms with Gasteiger partial charge in [0.2, 0.25) is 0 Å². The van der Waals surface area contributed by atoms with Crippen molar-refractivity contribution in [3.63, 3.8) is 0 Å². The number of methoxy groups -OCH3 is 1. The SMILES string of the molecule is CCC(C)N(CCOC)c1cc(Cl)ccc1CO. The van der Waals surface area contributed by atoms with Crippen LogP contribution in [0, 0.1) is 0 Å². The molecule has 3 nitrogen and oxygen atoms in total. The zero-order valence-electron chi connectivity index (χ0n) is 11.3. The minimum absolute atomic E-state index is 0.0203. The average molecular weight is 272 g/mol. The van der Waals surface area contributed by atoms with Gasteiger partial charge in [0.25, 0.3) is 0 Å². The first-order valence-electron chi connectivity index (χ1n) is 6.28. The normalized spacial score (nSPS) is 12.5. The number of hydrogen-bond acceptors (Lipinski definition) is 3. The molecule has 102 valence electrons. The minimum atomic E-state index is 0.0203. The van der Waals surface area contributed by atoms with Crippen molar-refractivity contribution in [1.82, 2.24) is 0 Å². The van der Waals surface area contributed by atoms with Crippen molar-refractivity contribution < 1.29 is 9.84 Å². The maximum absolute atomic E-state index is 9.44. The highest BCUT2D eigenvalue weighted by Crippen LogP contribution is 2.27. The van der Waals surface area contributed by atoms with E-state index in [2.05, 4.69) is 18.7 Å². The molecule has 0 spiro atoms. The monoisotopic (exact) mass is 271 g/mol. The Balaban J connectivity index is 3.05. The largest absolute Gasteiger partial charge is 0.392 e. The molecule has 1 rings (SSSR count). The number of aliphatic hydroxyl groups excluding tert-OH is 1. The van der Waals surface area contributed by atoms with Gasteiger partial charge in [-0.3, -0.25) is 0 Å². The van der Waals surface area contributed by atoms with Gasteiger partial charge in [-0.2, -0.15) is 0 Å². The van der Waals surface area contributed by atoms with Gasteiger partial charge in [-0.05, 0) is 25.5 Å². The summed E-state index contributed by atoms with van der Waals surface area (Å²) in [5, 5.41) is 10.1. The molecule has 0 radical (unpaired) electrons. The Morgan fingerprint density at radius 1 is 1.44 bits per heavy atom. The maximum atomic E-state index is 9.44. The van der Waals surface area contributed by atoms with Crippen LogP contribution in [0.1, 0.15) is 25.8 Å². The van der Waals surface area contributed by atoms with E-state index in [0.29, 0.717) is 17.7 Å². The molecule has 4 heteroatoms. The molecule has 0 aliphatic heterocycles. The molecule has 0 saturated carbocycles. The molecule has 1 N–H and O–H groups in total. The van der Waals surface area contributed by atoms with E-state index in [1.54, 1.807) is 7.11 Å². The number of halogens is 1. The van der Waals surface area contributed by atoms with Crippen LogP contribution in [-0.4, -0.2) is 31.4 Å². The van der Waals surface area contributed by atoms with Gasteiger partial charge in [-0.25, -0.2) is 0 Å². The Hall–Kier alpha value is -0.770. The van der Waals surface area contributed by atoms with E-state index in [4.69, 9.17) is 16.3 Å². The first kappa shape index (κ1) is 15.3. The third-order valence-electron chi connectivity index (χ3n) is 3.19. The quantitative estimate of drug-likeness (QED) is 0.827. The molecule has 0 heterocycles. The third kappa shape index (κ3) is 3.87. The molecular weight excluding hydrogens is 250 g/mol. The Morgan fingerprint density at radius 2 is 2.17 bits per heavy atom. The molecule has 0 amide bonds. The summed E-state index contributed by atoms with van der Waals surface area (Å²) < 4.78 is 5.16. The second-order valence-corrected chi connectivity index (χ2v) is 4.81. The zero-order chi connectivity index (χ0) is 13.5. The van der Waals surface area contributed by atoms with E-state index < -0.39 is 0 Å². The highest BCUT2D eigenvalue weighted by molar-refractivity contribution is 6.30. The fourth-order valence-electron chi connectivity index (χ4n) is 1.93. The van der Waals surface area contributed by atoms with Gasteiger partial charge in [-0.15, -0.1) is 0 Å². The zero-order valence-corrected chi connectivity index (χ0v) is 12.1. The van der Waals surface area contributed by atoms with Crippen LogP contribution in [0.3, 0.4) is 0 Å². The molecule has 1 atom stereocenters. The molecule has 1 aromatic carbocycles. The first-order chi connectivity index (χ1) is 8.63.